The number of hydrogen-bond donors (Lipinski definition) is 2. The molecule has 0 aliphatic rings. The van der Waals surface area contributed by atoms with Crippen LogP contribution in [0, 0.1) is 0 Å². The van der Waals surface area contributed by atoms with E-state index in [9.17, 15) is 0 Å². The number of rotatable bonds is 6. The molecule has 2 nitrogen and oxygen atoms in total. The van der Waals surface area contributed by atoms with Crippen molar-refractivity contribution in [2.24, 2.45) is 11.5 Å². The Bertz CT molecular complexity index is 168. The van der Waals surface area contributed by atoms with Gasteiger partial charge in [0.25, 0.3) is 0 Å². The van der Waals surface area contributed by atoms with Gasteiger partial charge in [0.2, 0.25) is 0 Å². The number of unbranched alkanes of at least 4 members (excludes halogenated alkanes) is 2. The summed E-state index contributed by atoms with van der Waals surface area (Å²) in [6, 6.07) is 0. The van der Waals surface area contributed by atoms with Crippen molar-refractivity contribution in [3.8, 4) is 0 Å². The molecule has 0 aliphatic heterocycles. The second kappa shape index (κ2) is 12.8. The Hall–Kier alpha value is 1.74. The average Bonchev–Trinajstić information content (AvgIpc) is 2.01. The van der Waals surface area contributed by atoms with E-state index in [4.69, 9.17) is 35.9 Å². The van der Waals surface area contributed by atoms with E-state index in [2.05, 4.69) is 0 Å². The molecule has 0 aromatic rings. The van der Waals surface area contributed by atoms with E-state index in [1.54, 1.807) is 23.5 Å². The predicted octanol–water partition coefficient (Wildman–Crippen LogP) is 1.95. The molecule has 0 atom stereocenters. The standard InChI is InChI=1S/C7H14N2S4.Ca.2H/c8-6(10)12-4-2-1-3-5-13-7(9)11;;;/h1-5H2,(H2,8,10)(H2,9,11);;;/q;+2;2*-1. The SMILES string of the molecule is NC(=S)SCCCCCSC(N)=S.[Ca+2].[H-].[H-]. The number of thioether (sulfide) groups is 2. The molecule has 0 saturated carbocycles. The fraction of sp³-hybridized carbons (Fsp3) is 0.714. The van der Waals surface area contributed by atoms with Crippen LogP contribution in [-0.4, -0.2) is 57.9 Å². The Morgan fingerprint density at radius 3 is 1.57 bits per heavy atom. The van der Waals surface area contributed by atoms with Crippen LogP contribution in [0.4, 0.5) is 0 Å². The van der Waals surface area contributed by atoms with E-state index < -0.39 is 0 Å². The van der Waals surface area contributed by atoms with Crippen molar-refractivity contribution >= 4 is 94.3 Å². The first kappa shape index (κ1) is 18.1. The molecule has 0 rings (SSSR count). The minimum absolute atomic E-state index is 0. The Morgan fingerprint density at radius 1 is 0.929 bits per heavy atom. The Balaban J connectivity index is -0.000000240. The van der Waals surface area contributed by atoms with Gasteiger partial charge in [-0.15, -0.1) is 0 Å². The normalized spacial score (nSPS) is 9.14. The van der Waals surface area contributed by atoms with E-state index in [0.29, 0.717) is 8.64 Å². The van der Waals surface area contributed by atoms with Crippen LogP contribution in [0.1, 0.15) is 22.1 Å². The zero-order valence-electron chi connectivity index (χ0n) is 10.0. The number of nitrogens with two attached hydrogens (primary N) is 2. The number of thiocarbonyl (C=S) groups is 2. The van der Waals surface area contributed by atoms with Gasteiger partial charge in [-0.1, -0.05) is 54.4 Å². The summed E-state index contributed by atoms with van der Waals surface area (Å²) in [6.07, 6.45) is 3.49. The molecule has 4 N–H and O–H groups in total. The maximum atomic E-state index is 5.33. The van der Waals surface area contributed by atoms with Crippen LogP contribution in [-0.2, 0) is 0 Å². The molecule has 0 heterocycles. The van der Waals surface area contributed by atoms with Gasteiger partial charge < -0.3 is 14.3 Å². The molecule has 0 aromatic heterocycles. The summed E-state index contributed by atoms with van der Waals surface area (Å²) in [6.45, 7) is 0. The molecule has 0 saturated heterocycles. The van der Waals surface area contributed by atoms with Crippen LogP contribution >= 0.6 is 48.0 Å². The zero-order valence-corrected chi connectivity index (χ0v) is 13.5. The first-order valence-electron chi connectivity index (χ1n) is 3.97. The Morgan fingerprint density at radius 2 is 1.29 bits per heavy atom. The Labute approximate surface area is 138 Å². The average molecular weight is 297 g/mol. The second-order valence-corrected chi connectivity index (χ2v) is 6.07. The first-order valence-corrected chi connectivity index (χ1v) is 6.76. The molecular formula is C7H16CaN2S4. The van der Waals surface area contributed by atoms with E-state index in [0.717, 1.165) is 24.3 Å². The minimum atomic E-state index is 0. The van der Waals surface area contributed by atoms with E-state index in [1.165, 1.54) is 6.42 Å². The van der Waals surface area contributed by atoms with Gasteiger partial charge in [-0.3, -0.25) is 0 Å². The third-order valence-electron chi connectivity index (χ3n) is 1.28. The van der Waals surface area contributed by atoms with Gasteiger partial charge in [0.05, 0.1) is 0 Å². The topological polar surface area (TPSA) is 52.0 Å². The third-order valence-corrected chi connectivity index (χ3v) is 3.54. The van der Waals surface area contributed by atoms with E-state index >= 15 is 0 Å². The number of hydrogen-bond acceptors (Lipinski definition) is 4. The fourth-order valence-electron chi connectivity index (χ4n) is 0.726. The van der Waals surface area contributed by atoms with Gasteiger partial charge in [0, 0.05) is 11.5 Å². The van der Waals surface area contributed by atoms with Gasteiger partial charge in [-0.05, 0) is 12.8 Å². The first-order chi connectivity index (χ1) is 6.13. The van der Waals surface area contributed by atoms with Gasteiger partial charge in [0.1, 0.15) is 8.64 Å². The summed E-state index contributed by atoms with van der Waals surface area (Å²) in [4.78, 5) is 0. The minimum Gasteiger partial charge on any atom is -1.00 e. The molecule has 0 bridgehead atoms. The summed E-state index contributed by atoms with van der Waals surface area (Å²) >= 11 is 12.6. The van der Waals surface area contributed by atoms with Crippen LogP contribution < -0.4 is 11.5 Å². The van der Waals surface area contributed by atoms with Crippen molar-refractivity contribution in [2.45, 2.75) is 19.3 Å². The Kier molecular flexibility index (Phi) is 16.6. The molecule has 14 heavy (non-hydrogen) atoms. The van der Waals surface area contributed by atoms with E-state index in [-0.39, 0.29) is 40.6 Å². The fourth-order valence-corrected chi connectivity index (χ4v) is 2.33. The summed E-state index contributed by atoms with van der Waals surface area (Å²) in [7, 11) is 0. The molecule has 0 spiro atoms. The maximum absolute atomic E-state index is 5.33. The van der Waals surface area contributed by atoms with Crippen LogP contribution in [0.2, 0.25) is 0 Å². The molecule has 0 radical (unpaired) electrons. The molecule has 0 aromatic carbocycles. The maximum Gasteiger partial charge on any atom is 2.00 e. The van der Waals surface area contributed by atoms with Crippen molar-refractivity contribution in [1.82, 2.24) is 0 Å². The van der Waals surface area contributed by atoms with Crippen molar-refractivity contribution < 1.29 is 2.85 Å². The summed E-state index contributed by atoms with van der Waals surface area (Å²) in [5.74, 6) is 2.04. The zero-order chi connectivity index (χ0) is 10.1. The molecule has 7 heteroatoms. The predicted molar refractivity (Wildman–Crippen MR) is 80.3 cm³/mol. The molecular weight excluding hydrogens is 280 g/mol. The van der Waals surface area contributed by atoms with Gasteiger partial charge in [-0.2, -0.15) is 0 Å². The van der Waals surface area contributed by atoms with Crippen molar-refractivity contribution in [1.29, 1.82) is 0 Å². The van der Waals surface area contributed by atoms with Crippen LogP contribution in [0.3, 0.4) is 0 Å². The molecule has 0 unspecified atom stereocenters. The van der Waals surface area contributed by atoms with Gasteiger partial charge in [0.15, 0.2) is 0 Å². The summed E-state index contributed by atoms with van der Waals surface area (Å²) in [5, 5.41) is 0. The van der Waals surface area contributed by atoms with Crippen LogP contribution in [0.25, 0.3) is 0 Å². The van der Waals surface area contributed by atoms with Crippen LogP contribution in [0.15, 0.2) is 0 Å². The van der Waals surface area contributed by atoms with Gasteiger partial charge in [-0.25, -0.2) is 0 Å². The summed E-state index contributed by atoms with van der Waals surface area (Å²) in [5.41, 5.74) is 10.7. The largest absolute Gasteiger partial charge is 2.00 e. The molecule has 0 amide bonds. The van der Waals surface area contributed by atoms with Crippen molar-refractivity contribution in [2.75, 3.05) is 11.5 Å². The van der Waals surface area contributed by atoms with Gasteiger partial charge >= 0.3 is 37.7 Å². The monoisotopic (exact) mass is 296 g/mol. The van der Waals surface area contributed by atoms with Crippen molar-refractivity contribution in [3.05, 3.63) is 0 Å². The quantitative estimate of drug-likeness (QED) is 0.444. The van der Waals surface area contributed by atoms with Crippen molar-refractivity contribution in [3.63, 3.8) is 0 Å². The van der Waals surface area contributed by atoms with Crippen LogP contribution in [0.5, 0.6) is 0 Å². The summed E-state index contributed by atoms with van der Waals surface area (Å²) < 4.78 is 1.08. The van der Waals surface area contributed by atoms with E-state index in [1.807, 2.05) is 0 Å². The third kappa shape index (κ3) is 16.2. The molecule has 0 aliphatic carbocycles. The smallest absolute Gasteiger partial charge is 1.00 e. The molecule has 0 fully saturated rings. The molecule has 80 valence electrons. The second-order valence-electron chi connectivity index (χ2n) is 2.40.